The Morgan fingerprint density at radius 1 is 0.778 bits per heavy atom. The monoisotopic (exact) mass is 240 g/mol. The molecule has 2 N–H and O–H groups in total. The van der Waals surface area contributed by atoms with Gasteiger partial charge in [-0.1, -0.05) is 18.2 Å². The Bertz CT molecular complexity index is 578. The molecule has 3 rings (SSSR count). The number of H-pyrrole nitrogens is 2. The van der Waals surface area contributed by atoms with E-state index in [4.69, 9.17) is 0 Å². The summed E-state index contributed by atoms with van der Waals surface area (Å²) in [5.74, 6) is -0.317. The first-order valence-corrected chi connectivity index (χ1v) is 5.87. The molecule has 18 heavy (non-hydrogen) atoms. The minimum absolute atomic E-state index is 0.129. The van der Waals surface area contributed by atoms with Crippen molar-refractivity contribution in [1.29, 1.82) is 0 Å². The first kappa shape index (κ1) is 10.8. The zero-order valence-corrected chi connectivity index (χ0v) is 9.73. The maximum Gasteiger partial charge on any atom is 0.127 e. The number of benzene rings is 1. The molecule has 3 aromatic rings. The van der Waals surface area contributed by atoms with Crippen LogP contribution in [0.2, 0.25) is 0 Å². The van der Waals surface area contributed by atoms with Gasteiger partial charge in [-0.15, -0.1) is 0 Å². The molecule has 0 fully saturated rings. The van der Waals surface area contributed by atoms with Crippen LogP contribution >= 0.6 is 0 Å². The molecule has 3 heteroatoms. The average Bonchev–Trinajstić information content (AvgIpc) is 3.05. The zero-order chi connectivity index (χ0) is 12.4. The second-order valence-corrected chi connectivity index (χ2v) is 4.21. The van der Waals surface area contributed by atoms with Crippen molar-refractivity contribution in [3.63, 3.8) is 0 Å². The van der Waals surface area contributed by atoms with E-state index in [0.717, 1.165) is 11.4 Å². The predicted octanol–water partition coefficient (Wildman–Crippen LogP) is 3.66. The molecule has 2 aromatic heterocycles. The molecule has 0 aliphatic carbocycles. The Morgan fingerprint density at radius 3 is 1.89 bits per heavy atom. The first-order chi connectivity index (χ1) is 8.86. The third-order valence-electron chi connectivity index (χ3n) is 3.08. The van der Waals surface area contributed by atoms with Gasteiger partial charge in [-0.2, -0.15) is 0 Å². The fourth-order valence-corrected chi connectivity index (χ4v) is 2.26. The quantitative estimate of drug-likeness (QED) is 0.700. The van der Waals surface area contributed by atoms with Gasteiger partial charge in [0.25, 0.3) is 0 Å². The predicted molar refractivity (Wildman–Crippen MR) is 68.9 cm³/mol. The Kier molecular flexibility index (Phi) is 2.73. The van der Waals surface area contributed by atoms with Gasteiger partial charge in [-0.05, 0) is 30.3 Å². The number of hydrogen-bond acceptors (Lipinski definition) is 0. The highest BCUT2D eigenvalue weighted by molar-refractivity contribution is 5.38. The molecule has 0 atom stereocenters. The van der Waals surface area contributed by atoms with E-state index in [1.165, 1.54) is 6.07 Å². The minimum atomic E-state index is -0.188. The lowest BCUT2D eigenvalue weighted by molar-refractivity contribution is 0.604. The highest BCUT2D eigenvalue weighted by Crippen LogP contribution is 2.31. The van der Waals surface area contributed by atoms with Gasteiger partial charge in [0.05, 0.1) is 5.92 Å². The normalized spacial score (nSPS) is 11.0. The fourth-order valence-electron chi connectivity index (χ4n) is 2.26. The maximum absolute atomic E-state index is 14.0. The van der Waals surface area contributed by atoms with Crippen molar-refractivity contribution in [2.24, 2.45) is 0 Å². The van der Waals surface area contributed by atoms with Gasteiger partial charge in [0.15, 0.2) is 0 Å². The Hall–Kier alpha value is -2.29. The van der Waals surface area contributed by atoms with Crippen molar-refractivity contribution >= 4 is 0 Å². The number of hydrogen-bond donors (Lipinski definition) is 2. The molecule has 1 aromatic carbocycles. The fraction of sp³-hybridized carbons (Fsp3) is 0.0667. The van der Waals surface area contributed by atoms with Crippen molar-refractivity contribution < 1.29 is 4.39 Å². The maximum atomic E-state index is 14.0. The van der Waals surface area contributed by atoms with Gasteiger partial charge in [-0.25, -0.2) is 4.39 Å². The summed E-state index contributed by atoms with van der Waals surface area (Å²) >= 11 is 0. The summed E-state index contributed by atoms with van der Waals surface area (Å²) in [6.45, 7) is 0. The van der Waals surface area contributed by atoms with Gasteiger partial charge in [-0.3, -0.25) is 0 Å². The van der Waals surface area contributed by atoms with Crippen molar-refractivity contribution in [1.82, 2.24) is 9.97 Å². The van der Waals surface area contributed by atoms with E-state index in [2.05, 4.69) is 9.97 Å². The van der Waals surface area contributed by atoms with E-state index in [1.807, 2.05) is 48.8 Å². The summed E-state index contributed by atoms with van der Waals surface area (Å²) in [6, 6.07) is 14.7. The third-order valence-corrected chi connectivity index (χ3v) is 3.08. The Labute approximate surface area is 104 Å². The molecule has 0 saturated heterocycles. The van der Waals surface area contributed by atoms with Crippen LogP contribution in [0.15, 0.2) is 60.9 Å². The smallest absolute Gasteiger partial charge is 0.127 e. The molecule has 2 nitrogen and oxygen atoms in total. The summed E-state index contributed by atoms with van der Waals surface area (Å²) in [5.41, 5.74) is 2.62. The van der Waals surface area contributed by atoms with Crippen molar-refractivity contribution in [2.45, 2.75) is 5.92 Å². The van der Waals surface area contributed by atoms with Crippen LogP contribution < -0.4 is 0 Å². The molecule has 90 valence electrons. The van der Waals surface area contributed by atoms with E-state index in [1.54, 1.807) is 6.07 Å². The molecule has 0 aliphatic heterocycles. The van der Waals surface area contributed by atoms with Crippen molar-refractivity contribution in [3.05, 3.63) is 83.7 Å². The van der Waals surface area contributed by atoms with E-state index in [-0.39, 0.29) is 11.7 Å². The molecule has 0 bridgehead atoms. The first-order valence-electron chi connectivity index (χ1n) is 5.87. The molecule has 0 unspecified atom stereocenters. The van der Waals surface area contributed by atoms with Crippen LogP contribution in [0, 0.1) is 5.82 Å². The van der Waals surface area contributed by atoms with Crippen LogP contribution in [0.5, 0.6) is 0 Å². The van der Waals surface area contributed by atoms with E-state index >= 15 is 0 Å². The minimum Gasteiger partial charge on any atom is -0.364 e. The van der Waals surface area contributed by atoms with Crippen LogP contribution in [0.4, 0.5) is 4.39 Å². The summed E-state index contributed by atoms with van der Waals surface area (Å²) in [6.07, 6.45) is 3.71. The molecule has 0 saturated carbocycles. The van der Waals surface area contributed by atoms with Crippen LogP contribution in [0.25, 0.3) is 0 Å². The lowest BCUT2D eigenvalue weighted by atomic mass is 9.92. The van der Waals surface area contributed by atoms with Crippen LogP contribution in [0.1, 0.15) is 22.9 Å². The lowest BCUT2D eigenvalue weighted by Gasteiger charge is -2.15. The molecule has 2 heterocycles. The topological polar surface area (TPSA) is 31.6 Å². The van der Waals surface area contributed by atoms with Gasteiger partial charge in [0.1, 0.15) is 5.82 Å². The SMILES string of the molecule is Fc1ccccc1C(c1ccc[nH]1)c1ccc[nH]1. The molecule has 0 aliphatic rings. The number of rotatable bonds is 3. The highest BCUT2D eigenvalue weighted by Gasteiger charge is 2.21. The molecule has 0 radical (unpaired) electrons. The van der Waals surface area contributed by atoms with Gasteiger partial charge in [0.2, 0.25) is 0 Å². The zero-order valence-electron chi connectivity index (χ0n) is 9.73. The Balaban J connectivity index is 2.15. The lowest BCUT2D eigenvalue weighted by Crippen LogP contribution is -2.06. The van der Waals surface area contributed by atoms with E-state index < -0.39 is 0 Å². The number of aromatic nitrogens is 2. The number of aromatic amines is 2. The summed E-state index contributed by atoms with van der Waals surface area (Å²) in [5, 5.41) is 0. The largest absolute Gasteiger partial charge is 0.364 e. The second-order valence-electron chi connectivity index (χ2n) is 4.21. The van der Waals surface area contributed by atoms with Gasteiger partial charge in [0, 0.05) is 29.3 Å². The second kappa shape index (κ2) is 4.53. The molecule has 0 spiro atoms. The summed E-state index contributed by atoms with van der Waals surface area (Å²) in [4.78, 5) is 6.33. The Morgan fingerprint density at radius 2 is 1.39 bits per heavy atom. The van der Waals surface area contributed by atoms with Gasteiger partial charge < -0.3 is 9.97 Å². The molecular weight excluding hydrogens is 227 g/mol. The van der Waals surface area contributed by atoms with Crippen LogP contribution in [0.3, 0.4) is 0 Å². The van der Waals surface area contributed by atoms with Crippen molar-refractivity contribution in [3.8, 4) is 0 Å². The van der Waals surface area contributed by atoms with Crippen LogP contribution in [-0.2, 0) is 0 Å². The molecular formula is C15H13FN2. The average molecular weight is 240 g/mol. The van der Waals surface area contributed by atoms with Crippen LogP contribution in [-0.4, -0.2) is 9.97 Å². The number of halogens is 1. The van der Waals surface area contributed by atoms with Gasteiger partial charge >= 0.3 is 0 Å². The van der Waals surface area contributed by atoms with Crippen molar-refractivity contribution in [2.75, 3.05) is 0 Å². The van der Waals surface area contributed by atoms with E-state index in [9.17, 15) is 4.39 Å². The number of nitrogens with one attached hydrogen (secondary N) is 2. The highest BCUT2D eigenvalue weighted by atomic mass is 19.1. The van der Waals surface area contributed by atoms with E-state index in [0.29, 0.717) is 5.56 Å². The standard InChI is InChI=1S/C15H13FN2/c16-12-6-2-1-5-11(12)15(13-7-3-9-17-13)14-8-4-10-18-14/h1-10,15,17-18H. The molecule has 0 amide bonds. The summed E-state index contributed by atoms with van der Waals surface area (Å²) in [7, 11) is 0. The third kappa shape index (κ3) is 1.84. The summed E-state index contributed by atoms with van der Waals surface area (Å²) < 4.78 is 14.0.